The third kappa shape index (κ3) is 4.17. The maximum absolute atomic E-state index is 4.84. The lowest BCUT2D eigenvalue weighted by Crippen LogP contribution is -2.25. The molecule has 1 fully saturated rings. The molecule has 5 rings (SSSR count). The molecule has 5 nitrogen and oxygen atoms in total. The fourth-order valence-electron chi connectivity index (χ4n) is 4.56. The minimum Gasteiger partial charge on any atom is -0.348 e. The summed E-state index contributed by atoms with van der Waals surface area (Å²) < 4.78 is 0. The summed E-state index contributed by atoms with van der Waals surface area (Å²) in [6.45, 7) is 0.996. The summed E-state index contributed by atoms with van der Waals surface area (Å²) in [4.78, 5) is 20.7. The second-order valence-electron chi connectivity index (χ2n) is 7.92. The van der Waals surface area contributed by atoms with E-state index in [1.807, 2.05) is 61.4 Å². The van der Waals surface area contributed by atoms with Gasteiger partial charge in [0.15, 0.2) is 0 Å². The van der Waals surface area contributed by atoms with Crippen molar-refractivity contribution in [3.8, 4) is 0 Å². The molecule has 1 aliphatic rings. The van der Waals surface area contributed by atoms with Gasteiger partial charge < -0.3 is 4.90 Å². The van der Waals surface area contributed by atoms with E-state index >= 15 is 0 Å². The van der Waals surface area contributed by atoms with Crippen LogP contribution in [0.4, 0.5) is 5.82 Å². The second kappa shape index (κ2) is 9.04. The van der Waals surface area contributed by atoms with Crippen molar-refractivity contribution in [3.63, 3.8) is 0 Å². The fraction of sp³-hybridized carbons (Fsp3) is 0.231. The molecule has 0 aromatic carbocycles. The molecule has 154 valence electrons. The Bertz CT molecular complexity index is 1060. The molecule has 5 heterocycles. The van der Waals surface area contributed by atoms with Crippen LogP contribution in [-0.4, -0.2) is 26.5 Å². The Balaban J connectivity index is 1.51. The van der Waals surface area contributed by atoms with Crippen molar-refractivity contribution in [2.75, 3.05) is 11.4 Å². The average Bonchev–Trinajstić information content (AvgIpc) is 3.34. The summed E-state index contributed by atoms with van der Waals surface area (Å²) in [5, 5.41) is 0. The molecule has 0 amide bonds. The Hall–Kier alpha value is -3.60. The first-order chi connectivity index (χ1) is 15.4. The Morgan fingerprint density at radius 3 is 2.23 bits per heavy atom. The highest BCUT2D eigenvalue weighted by Gasteiger charge is 2.30. The van der Waals surface area contributed by atoms with Gasteiger partial charge in [-0.25, -0.2) is 4.98 Å². The fourth-order valence-corrected chi connectivity index (χ4v) is 4.56. The topological polar surface area (TPSA) is 54.8 Å². The quantitative estimate of drug-likeness (QED) is 0.451. The van der Waals surface area contributed by atoms with Gasteiger partial charge in [0.05, 0.1) is 11.7 Å². The summed E-state index contributed by atoms with van der Waals surface area (Å²) in [5.74, 6) is 1.23. The Labute approximate surface area is 182 Å². The highest BCUT2D eigenvalue weighted by molar-refractivity contribution is 5.51. The standard InChI is InChI=1S/C26H25N5/c1-2-14-29-24(10-1)25-11-6-16-31(25)26-20(7-5-15-30-26)17-23(21-8-3-12-27-18-21)22-9-4-13-28-19-22/h1-5,7-10,12-15,18-19,23,25H,6,11,16-17H2. The molecule has 1 atom stereocenters. The van der Waals surface area contributed by atoms with Crippen LogP contribution in [0.5, 0.6) is 0 Å². The zero-order chi connectivity index (χ0) is 20.9. The smallest absolute Gasteiger partial charge is 0.132 e. The normalized spacial score (nSPS) is 16.0. The number of aromatic nitrogens is 4. The Kier molecular flexibility index (Phi) is 5.65. The maximum Gasteiger partial charge on any atom is 0.132 e. The van der Waals surface area contributed by atoms with E-state index in [-0.39, 0.29) is 12.0 Å². The third-order valence-corrected chi connectivity index (χ3v) is 6.02. The lowest BCUT2D eigenvalue weighted by molar-refractivity contribution is 0.680. The van der Waals surface area contributed by atoms with Crippen LogP contribution in [0.3, 0.4) is 0 Å². The highest BCUT2D eigenvalue weighted by atomic mass is 15.2. The molecule has 0 spiro atoms. The zero-order valence-electron chi connectivity index (χ0n) is 17.4. The van der Waals surface area contributed by atoms with E-state index in [0.717, 1.165) is 37.3 Å². The van der Waals surface area contributed by atoms with E-state index < -0.39 is 0 Å². The minimum absolute atomic E-state index is 0.168. The van der Waals surface area contributed by atoms with Crippen LogP contribution in [0.1, 0.15) is 47.2 Å². The maximum atomic E-state index is 4.84. The first-order valence-electron chi connectivity index (χ1n) is 10.8. The first kappa shape index (κ1) is 19.4. The van der Waals surface area contributed by atoms with E-state index in [1.54, 1.807) is 0 Å². The van der Waals surface area contributed by atoms with Gasteiger partial charge in [-0.15, -0.1) is 0 Å². The summed E-state index contributed by atoms with van der Waals surface area (Å²) in [7, 11) is 0. The highest BCUT2D eigenvalue weighted by Crippen LogP contribution is 2.38. The van der Waals surface area contributed by atoms with Gasteiger partial charge >= 0.3 is 0 Å². The van der Waals surface area contributed by atoms with Crippen LogP contribution >= 0.6 is 0 Å². The van der Waals surface area contributed by atoms with Crippen molar-refractivity contribution >= 4 is 5.82 Å². The van der Waals surface area contributed by atoms with E-state index in [4.69, 9.17) is 4.98 Å². The van der Waals surface area contributed by atoms with Crippen molar-refractivity contribution < 1.29 is 0 Å². The van der Waals surface area contributed by atoms with Crippen LogP contribution < -0.4 is 4.90 Å². The van der Waals surface area contributed by atoms with Crippen molar-refractivity contribution in [2.24, 2.45) is 0 Å². The van der Waals surface area contributed by atoms with E-state index in [0.29, 0.717) is 0 Å². The van der Waals surface area contributed by atoms with Crippen LogP contribution in [0.2, 0.25) is 0 Å². The number of hydrogen-bond donors (Lipinski definition) is 0. The van der Waals surface area contributed by atoms with Crippen LogP contribution in [0, 0.1) is 0 Å². The summed E-state index contributed by atoms with van der Waals surface area (Å²) >= 11 is 0. The molecular formula is C26H25N5. The second-order valence-corrected chi connectivity index (χ2v) is 7.92. The molecule has 0 saturated carbocycles. The zero-order valence-corrected chi connectivity index (χ0v) is 17.4. The summed E-state index contributed by atoms with van der Waals surface area (Å²) in [6, 6.07) is 19.0. The average molecular weight is 408 g/mol. The molecule has 5 heteroatoms. The lowest BCUT2D eigenvalue weighted by atomic mass is 9.87. The third-order valence-electron chi connectivity index (χ3n) is 6.02. The van der Waals surface area contributed by atoms with Crippen molar-refractivity contribution in [1.82, 2.24) is 19.9 Å². The first-order valence-corrected chi connectivity index (χ1v) is 10.8. The molecule has 1 unspecified atom stereocenters. The van der Waals surface area contributed by atoms with Crippen LogP contribution in [0.15, 0.2) is 91.8 Å². The van der Waals surface area contributed by atoms with Crippen molar-refractivity contribution in [3.05, 3.63) is 114 Å². The Morgan fingerprint density at radius 2 is 1.55 bits per heavy atom. The van der Waals surface area contributed by atoms with Crippen LogP contribution in [-0.2, 0) is 6.42 Å². The van der Waals surface area contributed by atoms with Gasteiger partial charge in [-0.1, -0.05) is 24.3 Å². The molecular weight excluding hydrogens is 382 g/mol. The van der Waals surface area contributed by atoms with Crippen LogP contribution in [0.25, 0.3) is 0 Å². The molecule has 1 saturated heterocycles. The molecule has 0 N–H and O–H groups in total. The number of nitrogens with zero attached hydrogens (tertiary/aromatic N) is 5. The number of pyridine rings is 4. The van der Waals surface area contributed by atoms with Gasteiger partial charge in [0.1, 0.15) is 5.82 Å². The number of anilines is 1. The summed E-state index contributed by atoms with van der Waals surface area (Å²) in [5.41, 5.74) is 4.73. The van der Waals surface area contributed by atoms with E-state index in [9.17, 15) is 0 Å². The molecule has 4 aromatic rings. The molecule has 4 aromatic heterocycles. The molecule has 1 aliphatic heterocycles. The van der Waals surface area contributed by atoms with E-state index in [2.05, 4.69) is 50.2 Å². The molecule has 0 aliphatic carbocycles. The van der Waals surface area contributed by atoms with Gasteiger partial charge in [-0.2, -0.15) is 0 Å². The van der Waals surface area contributed by atoms with E-state index in [1.165, 1.54) is 16.7 Å². The number of rotatable bonds is 6. The van der Waals surface area contributed by atoms with Gasteiger partial charge in [0.25, 0.3) is 0 Å². The Morgan fingerprint density at radius 1 is 0.806 bits per heavy atom. The predicted molar refractivity (Wildman–Crippen MR) is 122 cm³/mol. The minimum atomic E-state index is 0.168. The van der Waals surface area contributed by atoms with Gasteiger partial charge in [-0.3, -0.25) is 15.0 Å². The van der Waals surface area contributed by atoms with Gasteiger partial charge in [-0.05, 0) is 66.3 Å². The monoisotopic (exact) mass is 407 g/mol. The van der Waals surface area contributed by atoms with Crippen molar-refractivity contribution in [2.45, 2.75) is 31.2 Å². The lowest BCUT2D eigenvalue weighted by Gasteiger charge is -2.28. The van der Waals surface area contributed by atoms with Gasteiger partial charge in [0.2, 0.25) is 0 Å². The molecule has 0 bridgehead atoms. The van der Waals surface area contributed by atoms with Crippen molar-refractivity contribution in [1.29, 1.82) is 0 Å². The largest absolute Gasteiger partial charge is 0.348 e. The summed E-state index contributed by atoms with van der Waals surface area (Å²) in [6.07, 6.45) is 14.4. The predicted octanol–water partition coefficient (Wildman–Crippen LogP) is 4.98. The van der Waals surface area contributed by atoms with Gasteiger partial charge in [0, 0.05) is 49.6 Å². The molecule has 31 heavy (non-hydrogen) atoms. The SMILES string of the molecule is c1ccc(C2CCCN2c2ncccc2CC(c2cccnc2)c2cccnc2)nc1. The number of hydrogen-bond acceptors (Lipinski definition) is 5. The molecule has 0 radical (unpaired) electrons.